The van der Waals surface area contributed by atoms with Gasteiger partial charge < -0.3 is 15.0 Å². The van der Waals surface area contributed by atoms with Crippen molar-refractivity contribution in [3.63, 3.8) is 0 Å². The highest BCUT2D eigenvalue weighted by molar-refractivity contribution is 5.73. The summed E-state index contributed by atoms with van der Waals surface area (Å²) in [5, 5.41) is 2.60. The molecule has 1 rings (SSSR count). The molecule has 0 aliphatic rings. The molecule has 0 heterocycles. The van der Waals surface area contributed by atoms with E-state index in [1.54, 1.807) is 26.1 Å². The van der Waals surface area contributed by atoms with Crippen LogP contribution in [0.4, 0.5) is 4.79 Å². The van der Waals surface area contributed by atoms with Crippen molar-refractivity contribution in [1.82, 2.24) is 10.2 Å². The Labute approximate surface area is 103 Å². The van der Waals surface area contributed by atoms with E-state index >= 15 is 0 Å². The molecule has 0 unspecified atom stereocenters. The third-order valence-corrected chi connectivity index (χ3v) is 2.71. The first-order valence-electron chi connectivity index (χ1n) is 5.65. The van der Waals surface area contributed by atoms with E-state index in [0.29, 0.717) is 6.54 Å². The van der Waals surface area contributed by atoms with Crippen molar-refractivity contribution < 1.29 is 9.53 Å². The Bertz CT molecular complexity index is 391. The van der Waals surface area contributed by atoms with Gasteiger partial charge in [0.15, 0.2) is 0 Å². The number of carbonyl (C=O) groups excluding carboxylic acids is 1. The van der Waals surface area contributed by atoms with Crippen LogP contribution in [-0.2, 0) is 6.42 Å². The van der Waals surface area contributed by atoms with E-state index in [-0.39, 0.29) is 6.03 Å². The average Bonchev–Trinajstić information content (AvgIpc) is 2.35. The first-order valence-corrected chi connectivity index (χ1v) is 5.65. The van der Waals surface area contributed by atoms with Crippen molar-refractivity contribution in [2.75, 3.05) is 27.7 Å². The van der Waals surface area contributed by atoms with Crippen LogP contribution < -0.4 is 10.1 Å². The lowest BCUT2D eigenvalue weighted by Gasteiger charge is -2.17. The number of amides is 2. The van der Waals surface area contributed by atoms with Gasteiger partial charge in [-0.05, 0) is 25.0 Å². The maximum atomic E-state index is 11.3. The number of urea groups is 1. The van der Waals surface area contributed by atoms with E-state index in [1.807, 2.05) is 19.1 Å². The van der Waals surface area contributed by atoms with Crippen molar-refractivity contribution in [3.05, 3.63) is 29.3 Å². The van der Waals surface area contributed by atoms with Crippen LogP contribution in [0.1, 0.15) is 11.1 Å². The second-order valence-corrected chi connectivity index (χ2v) is 4.04. The van der Waals surface area contributed by atoms with Crippen LogP contribution in [0.15, 0.2) is 18.2 Å². The van der Waals surface area contributed by atoms with Gasteiger partial charge in [0.1, 0.15) is 5.75 Å². The third-order valence-electron chi connectivity index (χ3n) is 2.71. The van der Waals surface area contributed by atoms with Crippen molar-refractivity contribution in [2.24, 2.45) is 0 Å². The molecule has 0 saturated carbocycles. The summed E-state index contributed by atoms with van der Waals surface area (Å²) in [7, 11) is 5.07. The molecule has 2 amide bonds. The largest absolute Gasteiger partial charge is 0.496 e. The number of carbonyl (C=O) groups is 1. The molecule has 1 aromatic rings. The van der Waals surface area contributed by atoms with Gasteiger partial charge in [-0.1, -0.05) is 17.7 Å². The summed E-state index contributed by atoms with van der Waals surface area (Å²) >= 11 is 0. The summed E-state index contributed by atoms with van der Waals surface area (Å²) in [6.45, 7) is 2.71. The van der Waals surface area contributed by atoms with Crippen molar-refractivity contribution in [1.29, 1.82) is 0 Å². The number of benzene rings is 1. The second kappa shape index (κ2) is 6.13. The van der Waals surface area contributed by atoms with Gasteiger partial charge >= 0.3 is 6.03 Å². The van der Waals surface area contributed by atoms with Gasteiger partial charge in [-0.2, -0.15) is 0 Å². The Morgan fingerprint density at radius 1 is 1.47 bits per heavy atom. The molecule has 0 saturated heterocycles. The molecule has 0 aliphatic carbocycles. The molecule has 0 spiro atoms. The summed E-state index contributed by atoms with van der Waals surface area (Å²) < 4.78 is 5.30. The lowest BCUT2D eigenvalue weighted by atomic mass is 10.1. The summed E-state index contributed by atoms with van der Waals surface area (Å²) in [4.78, 5) is 13.0. The number of nitrogens with one attached hydrogen (secondary N) is 1. The van der Waals surface area contributed by atoms with Crippen LogP contribution in [0.2, 0.25) is 0 Å². The molecule has 94 valence electrons. The minimum Gasteiger partial charge on any atom is -0.496 e. The molecule has 0 atom stereocenters. The number of rotatable bonds is 4. The molecule has 1 aromatic carbocycles. The molecule has 0 aromatic heterocycles. The van der Waals surface area contributed by atoms with Crippen LogP contribution in [0.3, 0.4) is 0 Å². The van der Waals surface area contributed by atoms with Crippen LogP contribution in [0.5, 0.6) is 5.75 Å². The van der Waals surface area contributed by atoms with Gasteiger partial charge in [-0.3, -0.25) is 0 Å². The highest BCUT2D eigenvalue weighted by Crippen LogP contribution is 2.20. The quantitative estimate of drug-likeness (QED) is 0.866. The number of methoxy groups -OCH3 is 1. The number of likely N-dealkylation sites (N-methyl/N-ethyl adjacent to an activating group) is 1. The molecular formula is C13H20N2O2. The molecule has 1 N–H and O–H groups in total. The van der Waals surface area contributed by atoms with Crippen molar-refractivity contribution in [3.8, 4) is 5.75 Å². The summed E-state index contributed by atoms with van der Waals surface area (Å²) in [6, 6.07) is 6.00. The smallest absolute Gasteiger partial charge is 0.316 e. The van der Waals surface area contributed by atoms with Crippen LogP contribution in [0, 0.1) is 6.92 Å². The molecule has 0 bridgehead atoms. The fraction of sp³-hybridized carbons (Fsp3) is 0.462. The Morgan fingerprint density at radius 3 is 2.76 bits per heavy atom. The third kappa shape index (κ3) is 3.66. The van der Waals surface area contributed by atoms with Crippen LogP contribution in [0.25, 0.3) is 0 Å². The van der Waals surface area contributed by atoms with E-state index in [4.69, 9.17) is 4.74 Å². The van der Waals surface area contributed by atoms with Gasteiger partial charge in [-0.25, -0.2) is 4.79 Å². The Morgan fingerprint density at radius 2 is 2.18 bits per heavy atom. The standard InChI is InChI=1S/C13H20N2O2/c1-10-5-6-12(17-4)11(9-10)7-8-15(3)13(16)14-2/h5-6,9H,7-8H2,1-4H3,(H,14,16). The van der Waals surface area contributed by atoms with Gasteiger partial charge in [0.25, 0.3) is 0 Å². The van der Waals surface area contributed by atoms with E-state index in [0.717, 1.165) is 17.7 Å². The van der Waals surface area contributed by atoms with Gasteiger partial charge in [0.2, 0.25) is 0 Å². The van der Waals surface area contributed by atoms with Crippen molar-refractivity contribution in [2.45, 2.75) is 13.3 Å². The first-order chi connectivity index (χ1) is 8.08. The predicted molar refractivity (Wildman–Crippen MR) is 68.5 cm³/mol. The Hall–Kier alpha value is -1.71. The molecular weight excluding hydrogens is 216 g/mol. The number of aryl methyl sites for hydroxylation is 1. The number of hydrogen-bond acceptors (Lipinski definition) is 2. The fourth-order valence-corrected chi connectivity index (χ4v) is 1.68. The fourth-order valence-electron chi connectivity index (χ4n) is 1.68. The lowest BCUT2D eigenvalue weighted by molar-refractivity contribution is 0.211. The van der Waals surface area contributed by atoms with Crippen LogP contribution in [-0.4, -0.2) is 38.7 Å². The summed E-state index contributed by atoms with van der Waals surface area (Å²) in [5.74, 6) is 0.876. The topological polar surface area (TPSA) is 41.6 Å². The molecule has 0 radical (unpaired) electrons. The SMILES string of the molecule is CNC(=O)N(C)CCc1cc(C)ccc1OC. The molecule has 4 nitrogen and oxygen atoms in total. The van der Waals surface area contributed by atoms with Crippen LogP contribution >= 0.6 is 0 Å². The number of hydrogen-bond donors (Lipinski definition) is 1. The number of ether oxygens (including phenoxy) is 1. The molecule has 4 heteroatoms. The second-order valence-electron chi connectivity index (χ2n) is 4.04. The Balaban J connectivity index is 2.68. The van der Waals surface area contributed by atoms with Gasteiger partial charge in [-0.15, -0.1) is 0 Å². The van der Waals surface area contributed by atoms with Gasteiger partial charge in [0.05, 0.1) is 7.11 Å². The molecule has 17 heavy (non-hydrogen) atoms. The normalized spacial score (nSPS) is 9.88. The van der Waals surface area contributed by atoms with Gasteiger partial charge in [0, 0.05) is 20.6 Å². The zero-order chi connectivity index (χ0) is 12.8. The minimum absolute atomic E-state index is 0.0726. The number of nitrogens with zero attached hydrogens (tertiary/aromatic N) is 1. The minimum atomic E-state index is -0.0726. The first kappa shape index (κ1) is 13.4. The monoisotopic (exact) mass is 236 g/mol. The average molecular weight is 236 g/mol. The zero-order valence-corrected chi connectivity index (χ0v) is 10.9. The van der Waals surface area contributed by atoms with E-state index < -0.39 is 0 Å². The molecule has 0 fully saturated rings. The predicted octanol–water partition coefficient (Wildman–Crippen LogP) is 1.82. The molecule has 0 aliphatic heterocycles. The van der Waals surface area contributed by atoms with Crippen molar-refractivity contribution >= 4 is 6.03 Å². The highest BCUT2D eigenvalue weighted by atomic mass is 16.5. The maximum absolute atomic E-state index is 11.3. The highest BCUT2D eigenvalue weighted by Gasteiger charge is 2.08. The lowest BCUT2D eigenvalue weighted by Crippen LogP contribution is -2.36. The zero-order valence-electron chi connectivity index (χ0n) is 10.9. The van der Waals surface area contributed by atoms with E-state index in [2.05, 4.69) is 11.4 Å². The van der Waals surface area contributed by atoms with E-state index in [9.17, 15) is 4.79 Å². The maximum Gasteiger partial charge on any atom is 0.316 e. The Kier molecular flexibility index (Phi) is 4.82. The summed E-state index contributed by atoms with van der Waals surface area (Å²) in [5.41, 5.74) is 2.33. The van der Waals surface area contributed by atoms with E-state index in [1.165, 1.54) is 5.56 Å². The summed E-state index contributed by atoms with van der Waals surface area (Å²) in [6.07, 6.45) is 0.786.